The number of carboxylic acids is 1. The Balaban J connectivity index is 2.42. The summed E-state index contributed by atoms with van der Waals surface area (Å²) in [6.07, 6.45) is 1.13. The molecule has 1 aliphatic heterocycles. The highest BCUT2D eigenvalue weighted by molar-refractivity contribution is 7.92. The SMILES string of the molecule is COCCCS(=O)(=O)CC(=O)N1CCC(C(=O)O)CC1. The van der Waals surface area contributed by atoms with Crippen molar-refractivity contribution < 1.29 is 27.9 Å². The molecule has 0 radical (unpaired) electrons. The largest absolute Gasteiger partial charge is 0.481 e. The van der Waals surface area contributed by atoms with E-state index in [4.69, 9.17) is 9.84 Å². The van der Waals surface area contributed by atoms with E-state index in [1.54, 1.807) is 0 Å². The third kappa shape index (κ3) is 5.46. The summed E-state index contributed by atoms with van der Waals surface area (Å²) < 4.78 is 28.2. The number of piperidine rings is 1. The van der Waals surface area contributed by atoms with Gasteiger partial charge in [-0.15, -0.1) is 0 Å². The van der Waals surface area contributed by atoms with Crippen LogP contribution in [0, 0.1) is 5.92 Å². The zero-order valence-corrected chi connectivity index (χ0v) is 12.4. The summed E-state index contributed by atoms with van der Waals surface area (Å²) >= 11 is 0. The first-order chi connectivity index (χ1) is 9.35. The van der Waals surface area contributed by atoms with Crippen LogP contribution in [0.3, 0.4) is 0 Å². The van der Waals surface area contributed by atoms with E-state index < -0.39 is 33.4 Å². The fraction of sp³-hybridized carbons (Fsp3) is 0.833. The van der Waals surface area contributed by atoms with E-state index in [0.717, 1.165) is 0 Å². The molecule has 1 saturated heterocycles. The van der Waals surface area contributed by atoms with Crippen molar-refractivity contribution in [1.29, 1.82) is 0 Å². The summed E-state index contributed by atoms with van der Waals surface area (Å²) in [7, 11) is -1.93. The Bertz CT molecular complexity index is 439. The van der Waals surface area contributed by atoms with Crippen molar-refractivity contribution >= 4 is 21.7 Å². The second-order valence-electron chi connectivity index (χ2n) is 4.93. The number of carbonyl (C=O) groups is 2. The van der Waals surface area contributed by atoms with Crippen LogP contribution in [0.2, 0.25) is 0 Å². The number of aliphatic carboxylic acids is 1. The Morgan fingerprint density at radius 2 is 1.90 bits per heavy atom. The molecule has 0 aromatic heterocycles. The molecule has 0 bridgehead atoms. The maximum absolute atomic E-state index is 11.9. The average Bonchev–Trinajstić information content (AvgIpc) is 2.38. The number of rotatable bonds is 7. The maximum atomic E-state index is 11.9. The number of likely N-dealkylation sites (tertiary alicyclic amines) is 1. The number of methoxy groups -OCH3 is 1. The lowest BCUT2D eigenvalue weighted by molar-refractivity contribution is -0.145. The predicted octanol–water partition coefficient (Wildman–Crippen LogP) is -0.239. The molecule has 0 atom stereocenters. The number of nitrogens with zero attached hydrogens (tertiary/aromatic N) is 1. The first-order valence-electron chi connectivity index (χ1n) is 6.55. The monoisotopic (exact) mass is 307 g/mol. The van der Waals surface area contributed by atoms with Gasteiger partial charge >= 0.3 is 5.97 Å². The first-order valence-corrected chi connectivity index (χ1v) is 8.38. The minimum Gasteiger partial charge on any atom is -0.481 e. The molecule has 0 aromatic carbocycles. The fourth-order valence-corrected chi connectivity index (χ4v) is 3.41. The van der Waals surface area contributed by atoms with Gasteiger partial charge in [-0.05, 0) is 19.3 Å². The number of sulfone groups is 1. The van der Waals surface area contributed by atoms with Gasteiger partial charge in [-0.1, -0.05) is 0 Å². The summed E-state index contributed by atoms with van der Waals surface area (Å²) in [4.78, 5) is 24.1. The second kappa shape index (κ2) is 7.58. The number of hydrogen-bond acceptors (Lipinski definition) is 5. The van der Waals surface area contributed by atoms with Crippen LogP contribution in [-0.2, 0) is 24.2 Å². The van der Waals surface area contributed by atoms with Crippen molar-refractivity contribution in [3.05, 3.63) is 0 Å². The summed E-state index contributed by atoms with van der Waals surface area (Å²) in [6.45, 7) is 0.963. The van der Waals surface area contributed by atoms with Gasteiger partial charge in [0.05, 0.1) is 11.7 Å². The Morgan fingerprint density at radius 1 is 1.30 bits per heavy atom. The van der Waals surface area contributed by atoms with Gasteiger partial charge in [0.15, 0.2) is 9.84 Å². The molecule has 0 saturated carbocycles. The minimum absolute atomic E-state index is 0.0713. The minimum atomic E-state index is -3.42. The van der Waals surface area contributed by atoms with Crippen LogP contribution in [0.15, 0.2) is 0 Å². The zero-order chi connectivity index (χ0) is 15.2. The topological polar surface area (TPSA) is 101 Å². The average molecular weight is 307 g/mol. The van der Waals surface area contributed by atoms with Crippen LogP contribution in [0.25, 0.3) is 0 Å². The zero-order valence-electron chi connectivity index (χ0n) is 11.6. The van der Waals surface area contributed by atoms with Crippen LogP contribution in [0.1, 0.15) is 19.3 Å². The maximum Gasteiger partial charge on any atom is 0.306 e. The molecule has 7 nitrogen and oxygen atoms in total. The molecule has 1 rings (SSSR count). The summed E-state index contributed by atoms with van der Waals surface area (Å²) in [6, 6.07) is 0. The number of carboxylic acid groups (broad SMARTS) is 1. The summed E-state index contributed by atoms with van der Waals surface area (Å²) in [5, 5.41) is 8.86. The molecule has 0 aliphatic carbocycles. The molecule has 1 fully saturated rings. The molecule has 8 heteroatoms. The van der Waals surface area contributed by atoms with Crippen LogP contribution in [-0.4, -0.2) is 68.6 Å². The Hall–Kier alpha value is -1.15. The van der Waals surface area contributed by atoms with Crippen LogP contribution >= 0.6 is 0 Å². The molecule has 1 aliphatic rings. The lowest BCUT2D eigenvalue weighted by Crippen LogP contribution is -2.43. The highest BCUT2D eigenvalue weighted by Gasteiger charge is 2.28. The Labute approximate surface area is 118 Å². The lowest BCUT2D eigenvalue weighted by Gasteiger charge is -2.30. The van der Waals surface area contributed by atoms with Gasteiger partial charge in [0, 0.05) is 26.8 Å². The normalized spacial score (nSPS) is 17.1. The molecule has 0 unspecified atom stereocenters. The fourth-order valence-electron chi connectivity index (χ4n) is 2.15. The van der Waals surface area contributed by atoms with Crippen molar-refractivity contribution in [3.63, 3.8) is 0 Å². The molecule has 116 valence electrons. The number of carbonyl (C=O) groups excluding carboxylic acids is 1. The van der Waals surface area contributed by atoms with E-state index in [-0.39, 0.29) is 5.75 Å². The third-order valence-corrected chi connectivity index (χ3v) is 4.94. The van der Waals surface area contributed by atoms with Crippen molar-refractivity contribution in [2.45, 2.75) is 19.3 Å². The summed E-state index contributed by atoms with van der Waals surface area (Å²) in [5.74, 6) is -2.31. The van der Waals surface area contributed by atoms with Gasteiger partial charge in [0.1, 0.15) is 5.75 Å². The van der Waals surface area contributed by atoms with Crippen molar-refractivity contribution in [3.8, 4) is 0 Å². The quantitative estimate of drug-likeness (QED) is 0.652. The van der Waals surface area contributed by atoms with E-state index >= 15 is 0 Å². The van der Waals surface area contributed by atoms with E-state index in [1.165, 1.54) is 12.0 Å². The highest BCUT2D eigenvalue weighted by atomic mass is 32.2. The van der Waals surface area contributed by atoms with Gasteiger partial charge in [0.2, 0.25) is 5.91 Å². The molecule has 1 amide bonds. The Kier molecular flexibility index (Phi) is 6.41. The van der Waals surface area contributed by atoms with Gasteiger partial charge in [-0.3, -0.25) is 9.59 Å². The van der Waals surface area contributed by atoms with Gasteiger partial charge in [0.25, 0.3) is 0 Å². The van der Waals surface area contributed by atoms with Gasteiger partial charge in [-0.25, -0.2) is 8.42 Å². The molecule has 1 N–H and O–H groups in total. The first kappa shape index (κ1) is 16.9. The molecule has 20 heavy (non-hydrogen) atoms. The van der Waals surface area contributed by atoms with E-state index in [1.807, 2.05) is 0 Å². The van der Waals surface area contributed by atoms with Gasteiger partial charge < -0.3 is 14.7 Å². The second-order valence-corrected chi connectivity index (χ2v) is 7.12. The van der Waals surface area contributed by atoms with E-state index in [9.17, 15) is 18.0 Å². The van der Waals surface area contributed by atoms with Crippen LogP contribution in [0.4, 0.5) is 0 Å². The summed E-state index contributed by atoms with van der Waals surface area (Å²) in [5.41, 5.74) is 0. The standard InChI is InChI=1S/C12H21NO6S/c1-19-7-2-8-20(17,18)9-11(14)13-5-3-10(4-6-13)12(15)16/h10H,2-9H2,1H3,(H,15,16). The lowest BCUT2D eigenvalue weighted by atomic mass is 9.97. The van der Waals surface area contributed by atoms with Crippen LogP contribution in [0.5, 0.6) is 0 Å². The van der Waals surface area contributed by atoms with Crippen molar-refractivity contribution in [1.82, 2.24) is 4.90 Å². The molecule has 1 heterocycles. The molecular weight excluding hydrogens is 286 g/mol. The van der Waals surface area contributed by atoms with Crippen molar-refractivity contribution in [2.24, 2.45) is 5.92 Å². The van der Waals surface area contributed by atoms with Gasteiger partial charge in [-0.2, -0.15) is 0 Å². The van der Waals surface area contributed by atoms with E-state index in [0.29, 0.717) is 39.0 Å². The highest BCUT2D eigenvalue weighted by Crippen LogP contribution is 2.17. The molecular formula is C12H21NO6S. The van der Waals surface area contributed by atoms with E-state index in [2.05, 4.69) is 0 Å². The number of amides is 1. The number of hydrogen-bond donors (Lipinski definition) is 1. The number of ether oxygens (including phenoxy) is 1. The predicted molar refractivity (Wildman–Crippen MR) is 72.1 cm³/mol. The Morgan fingerprint density at radius 3 is 2.40 bits per heavy atom. The van der Waals surface area contributed by atoms with Crippen LogP contribution < -0.4 is 0 Å². The van der Waals surface area contributed by atoms with Crippen molar-refractivity contribution in [2.75, 3.05) is 38.3 Å². The smallest absolute Gasteiger partial charge is 0.306 e. The third-order valence-electron chi connectivity index (χ3n) is 3.34. The molecule has 0 aromatic rings. The molecule has 0 spiro atoms.